The van der Waals surface area contributed by atoms with E-state index in [0.29, 0.717) is 38.9 Å². The third-order valence-corrected chi connectivity index (χ3v) is 5.69. The number of rotatable bonds is 7. The highest BCUT2D eigenvalue weighted by Crippen LogP contribution is 2.33. The molecule has 0 bridgehead atoms. The molecule has 0 aliphatic carbocycles. The molecule has 0 fully saturated rings. The minimum Gasteiger partial charge on any atom is -0.481 e. The Bertz CT molecular complexity index is 1370. The summed E-state index contributed by atoms with van der Waals surface area (Å²) in [5.41, 5.74) is 4.55. The Morgan fingerprint density at radius 2 is 1.80 bits per heavy atom. The number of aromatic nitrogens is 2. The molecule has 9 heteroatoms. The lowest BCUT2D eigenvalue weighted by Gasteiger charge is -2.15. The maximum absolute atomic E-state index is 12.6. The van der Waals surface area contributed by atoms with Gasteiger partial charge in [0.05, 0.1) is 6.42 Å². The quantitative estimate of drug-likeness (QED) is 0.311. The fourth-order valence-electron chi connectivity index (χ4n) is 3.61. The smallest absolute Gasteiger partial charge is 0.412 e. The molecule has 2 aromatic carbocycles. The van der Waals surface area contributed by atoms with Gasteiger partial charge in [-0.25, -0.2) is 4.79 Å². The number of hydrogen-bond donors (Lipinski definition) is 2. The van der Waals surface area contributed by atoms with E-state index >= 15 is 0 Å². The van der Waals surface area contributed by atoms with E-state index < -0.39 is 18.2 Å². The highest BCUT2D eigenvalue weighted by atomic mass is 35.5. The van der Waals surface area contributed by atoms with E-state index in [4.69, 9.17) is 26.0 Å². The second-order valence-electron chi connectivity index (χ2n) is 7.90. The molecule has 0 aliphatic rings. The second-order valence-corrected chi connectivity index (χ2v) is 8.30. The summed E-state index contributed by atoms with van der Waals surface area (Å²) in [6.07, 6.45) is 1.88. The number of anilines is 1. The number of carbonyl (C=O) groups excluding carboxylic acids is 1. The summed E-state index contributed by atoms with van der Waals surface area (Å²) in [6, 6.07) is 16.3. The van der Waals surface area contributed by atoms with Gasteiger partial charge in [0.15, 0.2) is 5.76 Å². The van der Waals surface area contributed by atoms with Crippen LogP contribution in [0.15, 0.2) is 71.5 Å². The summed E-state index contributed by atoms with van der Waals surface area (Å²) in [4.78, 5) is 27.7. The van der Waals surface area contributed by atoms with Crippen LogP contribution in [0.3, 0.4) is 0 Å². The molecule has 1 atom stereocenters. The topological polar surface area (TPSA) is 115 Å². The molecule has 1 unspecified atom stereocenters. The van der Waals surface area contributed by atoms with Gasteiger partial charge in [-0.05, 0) is 37.1 Å². The van der Waals surface area contributed by atoms with Gasteiger partial charge in [0.2, 0.25) is 0 Å². The van der Waals surface area contributed by atoms with Crippen LogP contribution >= 0.6 is 11.6 Å². The van der Waals surface area contributed by atoms with Gasteiger partial charge in [-0.3, -0.25) is 15.1 Å². The van der Waals surface area contributed by atoms with E-state index in [0.717, 1.165) is 11.1 Å². The number of carboxylic acids is 1. The molecule has 0 radical (unpaired) electrons. The fourth-order valence-corrected chi connectivity index (χ4v) is 3.89. The van der Waals surface area contributed by atoms with Crippen LogP contribution < -0.4 is 5.32 Å². The van der Waals surface area contributed by atoms with Crippen molar-refractivity contribution in [3.05, 3.63) is 88.8 Å². The standard InChI is InChI=1S/C26H22ClN3O5/c1-15-24(29-26(33)34-16(2)21-5-3-4-6-22(21)27)25(35-30-15)19-9-7-18(8-10-19)20-11-17(12-23(31)32)13-28-14-20/h3-11,13-14,16H,12H2,1-2H3,(H,29,33)(H,31,32). The molecule has 8 nitrogen and oxygen atoms in total. The number of amides is 1. The Morgan fingerprint density at radius 1 is 1.09 bits per heavy atom. The van der Waals surface area contributed by atoms with Crippen LogP contribution in [0.1, 0.15) is 29.8 Å². The normalized spacial score (nSPS) is 11.6. The first-order chi connectivity index (χ1) is 16.8. The number of ether oxygens (including phenoxy) is 1. The summed E-state index contributed by atoms with van der Waals surface area (Å²) in [7, 11) is 0. The Hall–Kier alpha value is -4.17. The third-order valence-electron chi connectivity index (χ3n) is 5.35. The van der Waals surface area contributed by atoms with Crippen molar-refractivity contribution in [2.75, 3.05) is 5.32 Å². The SMILES string of the molecule is Cc1noc(-c2ccc(-c3cncc(CC(=O)O)c3)cc2)c1NC(=O)OC(C)c1ccccc1Cl. The lowest BCUT2D eigenvalue weighted by atomic mass is 10.0. The number of benzene rings is 2. The zero-order valence-electron chi connectivity index (χ0n) is 19.0. The number of aliphatic carboxylic acids is 1. The first-order valence-electron chi connectivity index (χ1n) is 10.8. The van der Waals surface area contributed by atoms with Crippen molar-refractivity contribution in [1.82, 2.24) is 10.1 Å². The van der Waals surface area contributed by atoms with E-state index in [2.05, 4.69) is 15.5 Å². The molecule has 0 aliphatic heterocycles. The monoisotopic (exact) mass is 491 g/mol. The minimum atomic E-state index is -0.917. The predicted octanol–water partition coefficient (Wildman–Crippen LogP) is 6.30. The number of aryl methyl sites for hydroxylation is 1. The number of carbonyl (C=O) groups is 2. The zero-order valence-corrected chi connectivity index (χ0v) is 19.7. The molecular weight excluding hydrogens is 470 g/mol. The molecule has 0 saturated carbocycles. The molecule has 4 aromatic rings. The van der Waals surface area contributed by atoms with Crippen molar-refractivity contribution in [1.29, 1.82) is 0 Å². The van der Waals surface area contributed by atoms with Crippen LogP contribution in [0.4, 0.5) is 10.5 Å². The largest absolute Gasteiger partial charge is 0.481 e. The van der Waals surface area contributed by atoms with Crippen molar-refractivity contribution >= 4 is 29.4 Å². The molecule has 4 rings (SSSR count). The number of halogens is 1. The fraction of sp³-hybridized carbons (Fsp3) is 0.154. The summed E-state index contributed by atoms with van der Waals surface area (Å²) < 4.78 is 11.0. The average Bonchev–Trinajstić information content (AvgIpc) is 3.19. The summed E-state index contributed by atoms with van der Waals surface area (Å²) in [5, 5.41) is 16.2. The Balaban J connectivity index is 1.51. The summed E-state index contributed by atoms with van der Waals surface area (Å²) in [5.74, 6) is -0.533. The van der Waals surface area contributed by atoms with Crippen molar-refractivity contribution in [3.63, 3.8) is 0 Å². The van der Waals surface area contributed by atoms with Crippen LogP contribution in [0, 0.1) is 6.92 Å². The third kappa shape index (κ3) is 5.67. The van der Waals surface area contributed by atoms with Crippen LogP contribution in [-0.2, 0) is 16.0 Å². The Labute approximate surface area is 206 Å². The number of carboxylic acid groups (broad SMARTS) is 1. The van der Waals surface area contributed by atoms with E-state index in [1.54, 1.807) is 44.3 Å². The minimum absolute atomic E-state index is 0.101. The van der Waals surface area contributed by atoms with Gasteiger partial charge >= 0.3 is 12.1 Å². The van der Waals surface area contributed by atoms with Crippen LogP contribution in [-0.4, -0.2) is 27.3 Å². The number of pyridine rings is 1. The summed E-state index contributed by atoms with van der Waals surface area (Å²) in [6.45, 7) is 3.45. The van der Waals surface area contributed by atoms with Gasteiger partial charge in [-0.1, -0.05) is 59.2 Å². The maximum atomic E-state index is 12.6. The molecule has 178 valence electrons. The highest BCUT2D eigenvalue weighted by molar-refractivity contribution is 6.31. The molecule has 2 heterocycles. The molecule has 35 heavy (non-hydrogen) atoms. The average molecular weight is 492 g/mol. The molecule has 2 N–H and O–H groups in total. The first-order valence-corrected chi connectivity index (χ1v) is 11.1. The van der Waals surface area contributed by atoms with Gasteiger partial charge in [0.1, 0.15) is 17.5 Å². The summed E-state index contributed by atoms with van der Waals surface area (Å²) >= 11 is 6.20. The lowest BCUT2D eigenvalue weighted by molar-refractivity contribution is -0.136. The van der Waals surface area contributed by atoms with E-state index in [9.17, 15) is 9.59 Å². The number of nitrogens with one attached hydrogen (secondary N) is 1. The maximum Gasteiger partial charge on any atom is 0.412 e. The van der Waals surface area contributed by atoms with E-state index in [1.165, 1.54) is 6.20 Å². The molecule has 0 saturated heterocycles. The molecular formula is C26H22ClN3O5. The number of hydrogen-bond acceptors (Lipinski definition) is 6. The van der Waals surface area contributed by atoms with E-state index in [1.807, 2.05) is 30.3 Å². The van der Waals surface area contributed by atoms with E-state index in [-0.39, 0.29) is 6.42 Å². The van der Waals surface area contributed by atoms with Gasteiger partial charge < -0.3 is 14.4 Å². The number of nitrogens with zero attached hydrogens (tertiary/aromatic N) is 2. The molecule has 1 amide bonds. The van der Waals surface area contributed by atoms with Gasteiger partial charge in [0, 0.05) is 34.1 Å². The Kier molecular flexibility index (Phi) is 7.12. The molecule has 0 spiro atoms. The van der Waals surface area contributed by atoms with Crippen molar-refractivity contribution in [3.8, 4) is 22.5 Å². The lowest BCUT2D eigenvalue weighted by Crippen LogP contribution is -2.17. The second kappa shape index (κ2) is 10.4. The zero-order chi connectivity index (χ0) is 24.9. The van der Waals surface area contributed by atoms with Crippen LogP contribution in [0.5, 0.6) is 0 Å². The Morgan fingerprint density at radius 3 is 2.51 bits per heavy atom. The predicted molar refractivity (Wildman–Crippen MR) is 131 cm³/mol. The molecule has 2 aromatic heterocycles. The van der Waals surface area contributed by atoms with Gasteiger partial charge in [-0.15, -0.1) is 0 Å². The first kappa shape index (κ1) is 24.0. The van der Waals surface area contributed by atoms with Gasteiger partial charge in [-0.2, -0.15) is 0 Å². The van der Waals surface area contributed by atoms with Crippen LogP contribution in [0.2, 0.25) is 5.02 Å². The van der Waals surface area contributed by atoms with Crippen molar-refractivity contribution in [2.24, 2.45) is 0 Å². The van der Waals surface area contributed by atoms with Crippen molar-refractivity contribution < 1.29 is 24.0 Å². The highest BCUT2D eigenvalue weighted by Gasteiger charge is 2.20. The van der Waals surface area contributed by atoms with Crippen molar-refractivity contribution in [2.45, 2.75) is 26.4 Å². The van der Waals surface area contributed by atoms with Gasteiger partial charge in [0.25, 0.3) is 0 Å². The van der Waals surface area contributed by atoms with Crippen LogP contribution in [0.25, 0.3) is 22.5 Å².